The fraction of sp³-hybridized carbons (Fsp3) is 1.00. The Balaban J connectivity index is 1.93. The van der Waals surface area contributed by atoms with Gasteiger partial charge >= 0.3 is 0 Å². The van der Waals surface area contributed by atoms with Crippen molar-refractivity contribution in [2.75, 3.05) is 39.1 Å². The van der Waals surface area contributed by atoms with Gasteiger partial charge in [0, 0.05) is 26.2 Å². The maximum atomic E-state index is 12.3. The number of sulfonamides is 1. The third kappa shape index (κ3) is 4.19. The Labute approximate surface area is 110 Å². The maximum absolute atomic E-state index is 12.3. The van der Waals surface area contributed by atoms with E-state index >= 15 is 0 Å². The van der Waals surface area contributed by atoms with E-state index in [9.17, 15) is 8.42 Å². The highest BCUT2D eigenvalue weighted by Gasteiger charge is 2.33. The lowest BCUT2D eigenvalue weighted by molar-refractivity contribution is 0.176. The first-order valence-corrected chi connectivity index (χ1v) is 8.43. The zero-order valence-corrected chi connectivity index (χ0v) is 11.9. The predicted molar refractivity (Wildman–Crippen MR) is 71.0 cm³/mol. The van der Waals surface area contributed by atoms with Crippen molar-refractivity contribution >= 4 is 10.0 Å². The second kappa shape index (κ2) is 6.32. The third-order valence-corrected chi connectivity index (χ3v) is 5.68. The molecule has 0 bridgehead atoms. The monoisotopic (exact) mass is 276 g/mol. The quantitative estimate of drug-likeness (QED) is 0.698. The smallest absolute Gasteiger partial charge is 0.214 e. The molecule has 1 atom stereocenters. The van der Waals surface area contributed by atoms with Crippen LogP contribution in [-0.4, -0.2) is 57.9 Å². The van der Waals surface area contributed by atoms with Crippen LogP contribution in [0.25, 0.3) is 0 Å². The van der Waals surface area contributed by atoms with Crippen molar-refractivity contribution in [3.8, 4) is 0 Å². The number of nitrogens with zero attached hydrogens (tertiary/aromatic N) is 1. The Hall–Kier alpha value is -0.170. The zero-order valence-electron chi connectivity index (χ0n) is 11.1. The van der Waals surface area contributed by atoms with E-state index < -0.39 is 10.0 Å². The van der Waals surface area contributed by atoms with E-state index in [1.165, 1.54) is 0 Å². The molecule has 1 unspecified atom stereocenters. The first-order valence-electron chi connectivity index (χ1n) is 6.82. The standard InChI is InChI=1S/C12H24N2O3S/c1-17-8-7-14(9-12-3-2-6-13-12)18(15,16)10-11-4-5-11/h11-13H,2-10H2,1H3. The van der Waals surface area contributed by atoms with Crippen LogP contribution in [0.15, 0.2) is 0 Å². The molecule has 1 saturated carbocycles. The lowest BCUT2D eigenvalue weighted by Crippen LogP contribution is -2.43. The molecule has 0 spiro atoms. The molecule has 0 aromatic heterocycles. The number of hydrogen-bond donors (Lipinski definition) is 1. The van der Waals surface area contributed by atoms with Crippen LogP contribution in [0.5, 0.6) is 0 Å². The minimum Gasteiger partial charge on any atom is -0.383 e. The molecule has 2 aliphatic rings. The van der Waals surface area contributed by atoms with Crippen molar-refractivity contribution in [1.29, 1.82) is 0 Å². The Bertz CT molecular complexity index is 348. The highest BCUT2D eigenvalue weighted by molar-refractivity contribution is 7.89. The van der Waals surface area contributed by atoms with E-state index in [0.29, 0.717) is 37.4 Å². The average molecular weight is 276 g/mol. The molecule has 1 N–H and O–H groups in total. The predicted octanol–water partition coefficient (Wildman–Crippen LogP) is 0.427. The van der Waals surface area contributed by atoms with Gasteiger partial charge in [0.05, 0.1) is 12.4 Å². The van der Waals surface area contributed by atoms with E-state index in [1.807, 2.05) is 0 Å². The molecule has 0 aromatic rings. The summed E-state index contributed by atoms with van der Waals surface area (Å²) in [4.78, 5) is 0. The van der Waals surface area contributed by atoms with Crippen molar-refractivity contribution in [2.24, 2.45) is 5.92 Å². The molecular weight excluding hydrogens is 252 g/mol. The molecule has 0 radical (unpaired) electrons. The minimum absolute atomic E-state index is 0.316. The molecule has 18 heavy (non-hydrogen) atoms. The lowest BCUT2D eigenvalue weighted by Gasteiger charge is -2.25. The van der Waals surface area contributed by atoms with Crippen LogP contribution in [0.1, 0.15) is 25.7 Å². The number of nitrogens with one attached hydrogen (secondary N) is 1. The molecule has 6 heteroatoms. The first-order chi connectivity index (χ1) is 8.62. The Morgan fingerprint density at radius 2 is 2.11 bits per heavy atom. The maximum Gasteiger partial charge on any atom is 0.214 e. The van der Waals surface area contributed by atoms with Crippen molar-refractivity contribution in [3.63, 3.8) is 0 Å². The average Bonchev–Trinajstić information content (AvgIpc) is 2.96. The van der Waals surface area contributed by atoms with Crippen molar-refractivity contribution < 1.29 is 13.2 Å². The summed E-state index contributed by atoms with van der Waals surface area (Å²) in [5.74, 6) is 0.722. The molecule has 0 amide bonds. The van der Waals surface area contributed by atoms with Crippen molar-refractivity contribution in [1.82, 2.24) is 9.62 Å². The molecule has 1 aliphatic carbocycles. The fourth-order valence-corrected chi connectivity index (χ4v) is 4.28. The molecule has 5 nitrogen and oxygen atoms in total. The number of rotatable bonds is 8. The Morgan fingerprint density at radius 3 is 2.67 bits per heavy atom. The van der Waals surface area contributed by atoms with E-state index in [4.69, 9.17) is 4.74 Å². The summed E-state index contributed by atoms with van der Waals surface area (Å²) in [6.45, 7) is 2.55. The summed E-state index contributed by atoms with van der Waals surface area (Å²) in [6, 6.07) is 0.316. The van der Waals surface area contributed by atoms with Gasteiger partial charge in [-0.1, -0.05) is 0 Å². The van der Waals surface area contributed by atoms with E-state index in [-0.39, 0.29) is 0 Å². The van der Waals surface area contributed by atoms with Gasteiger partial charge in [0.15, 0.2) is 0 Å². The van der Waals surface area contributed by atoms with Crippen LogP contribution in [0.3, 0.4) is 0 Å². The van der Waals surface area contributed by atoms with Crippen LogP contribution in [0.4, 0.5) is 0 Å². The van der Waals surface area contributed by atoms with Gasteiger partial charge in [-0.2, -0.15) is 4.31 Å². The van der Waals surface area contributed by atoms with Crippen LogP contribution in [-0.2, 0) is 14.8 Å². The number of ether oxygens (including phenoxy) is 1. The van der Waals surface area contributed by atoms with Crippen LogP contribution >= 0.6 is 0 Å². The molecule has 106 valence electrons. The van der Waals surface area contributed by atoms with Gasteiger partial charge < -0.3 is 10.1 Å². The summed E-state index contributed by atoms with van der Waals surface area (Å²) in [5, 5.41) is 3.36. The Kier molecular flexibility index (Phi) is 5.00. The summed E-state index contributed by atoms with van der Waals surface area (Å²) in [5.41, 5.74) is 0. The summed E-state index contributed by atoms with van der Waals surface area (Å²) >= 11 is 0. The van der Waals surface area contributed by atoms with Gasteiger partial charge in [0.1, 0.15) is 0 Å². The number of hydrogen-bond acceptors (Lipinski definition) is 4. The third-order valence-electron chi connectivity index (χ3n) is 3.67. The molecule has 2 rings (SSSR count). The molecule has 2 fully saturated rings. The molecule has 1 saturated heterocycles. The van der Waals surface area contributed by atoms with Crippen LogP contribution in [0, 0.1) is 5.92 Å². The van der Waals surface area contributed by atoms with Crippen molar-refractivity contribution in [3.05, 3.63) is 0 Å². The molecular formula is C12H24N2O3S. The van der Waals surface area contributed by atoms with E-state index in [2.05, 4.69) is 5.32 Å². The summed E-state index contributed by atoms with van der Waals surface area (Å²) < 4.78 is 31.3. The van der Waals surface area contributed by atoms with E-state index in [0.717, 1.165) is 32.2 Å². The van der Waals surface area contributed by atoms with Gasteiger partial charge in [-0.25, -0.2) is 8.42 Å². The fourth-order valence-electron chi connectivity index (χ4n) is 2.38. The summed E-state index contributed by atoms with van der Waals surface area (Å²) in [6.07, 6.45) is 4.35. The van der Waals surface area contributed by atoms with Gasteiger partial charge in [0.2, 0.25) is 10.0 Å². The Morgan fingerprint density at radius 1 is 1.33 bits per heavy atom. The van der Waals surface area contributed by atoms with E-state index in [1.54, 1.807) is 11.4 Å². The normalized spacial score (nSPS) is 24.9. The highest BCUT2D eigenvalue weighted by atomic mass is 32.2. The molecule has 0 aromatic carbocycles. The highest BCUT2D eigenvalue weighted by Crippen LogP contribution is 2.31. The molecule has 1 heterocycles. The van der Waals surface area contributed by atoms with Crippen LogP contribution in [0.2, 0.25) is 0 Å². The van der Waals surface area contributed by atoms with Gasteiger partial charge in [-0.05, 0) is 38.1 Å². The SMILES string of the molecule is COCCN(CC1CCCN1)S(=O)(=O)CC1CC1. The minimum atomic E-state index is -3.11. The van der Waals surface area contributed by atoms with Gasteiger partial charge in [-0.15, -0.1) is 0 Å². The largest absolute Gasteiger partial charge is 0.383 e. The molecule has 1 aliphatic heterocycles. The van der Waals surface area contributed by atoms with Gasteiger partial charge in [0.25, 0.3) is 0 Å². The number of methoxy groups -OCH3 is 1. The zero-order chi connectivity index (χ0) is 13.0. The summed E-state index contributed by atoms with van der Waals surface area (Å²) in [7, 11) is -1.49. The second-order valence-electron chi connectivity index (χ2n) is 5.37. The van der Waals surface area contributed by atoms with Crippen molar-refractivity contribution in [2.45, 2.75) is 31.7 Å². The van der Waals surface area contributed by atoms with Gasteiger partial charge in [-0.3, -0.25) is 0 Å². The lowest BCUT2D eigenvalue weighted by atomic mass is 10.2. The topological polar surface area (TPSA) is 58.6 Å². The van der Waals surface area contributed by atoms with Crippen LogP contribution < -0.4 is 5.32 Å². The first kappa shape index (κ1) is 14.2. The second-order valence-corrected chi connectivity index (χ2v) is 7.38.